The van der Waals surface area contributed by atoms with Crippen molar-refractivity contribution in [1.29, 1.82) is 0 Å². The highest BCUT2D eigenvalue weighted by Crippen LogP contribution is 2.64. The van der Waals surface area contributed by atoms with Crippen LogP contribution in [0.2, 0.25) is 5.02 Å². The molecular weight excluding hydrogens is 724 g/mol. The Bertz CT molecular complexity index is 2420. The number of hydrogen-bond acceptors (Lipinski definition) is 8. The number of benzene rings is 3. The van der Waals surface area contributed by atoms with Crippen LogP contribution >= 0.6 is 22.9 Å². The minimum Gasteiger partial charge on any atom is -0.491 e. The Kier molecular flexibility index (Phi) is 8.18. The van der Waals surface area contributed by atoms with Gasteiger partial charge < -0.3 is 9.84 Å². The van der Waals surface area contributed by atoms with Crippen LogP contribution in [0.1, 0.15) is 36.8 Å². The average Bonchev–Trinajstić information content (AvgIpc) is 3.84. The number of nitrogens with zero attached hydrogens (tertiary/aromatic N) is 4. The Hall–Kier alpha value is -5.10. The molecule has 4 amide bonds. The predicted molar refractivity (Wildman–Crippen MR) is 206 cm³/mol. The minimum atomic E-state index is -1.21. The SMILES string of the molecule is Cc1c(-c2cc(N3C(=O)C4CC5C(=CCC6C(=O)N(c7ccccc7)C(=O)C65)C(c5ccc(OCCO)cc5)C4(C)C3=O)n(C)n2)sc2ccc(Cl)cc12. The number of thiophene rings is 1. The predicted octanol–water partition coefficient (Wildman–Crippen LogP) is 7.07. The van der Waals surface area contributed by atoms with Crippen molar-refractivity contribution in [2.75, 3.05) is 23.0 Å². The van der Waals surface area contributed by atoms with Crippen molar-refractivity contribution in [3.05, 3.63) is 107 Å². The van der Waals surface area contributed by atoms with Crippen molar-refractivity contribution in [3.8, 4) is 16.3 Å². The van der Waals surface area contributed by atoms with Crippen molar-refractivity contribution in [2.24, 2.45) is 36.1 Å². The average molecular weight is 761 g/mol. The third kappa shape index (κ3) is 4.98. The maximum atomic E-state index is 15.1. The summed E-state index contributed by atoms with van der Waals surface area (Å²) in [5, 5.41) is 15.8. The van der Waals surface area contributed by atoms with Crippen LogP contribution in [-0.2, 0) is 26.2 Å². The molecule has 10 nitrogen and oxygen atoms in total. The molecule has 274 valence electrons. The van der Waals surface area contributed by atoms with Gasteiger partial charge in [0.25, 0.3) is 0 Å². The summed E-state index contributed by atoms with van der Waals surface area (Å²) in [5.41, 5.74) is 2.69. The number of amides is 4. The Morgan fingerprint density at radius 3 is 2.44 bits per heavy atom. The van der Waals surface area contributed by atoms with Crippen molar-refractivity contribution < 1.29 is 29.0 Å². The van der Waals surface area contributed by atoms with Crippen molar-refractivity contribution in [2.45, 2.75) is 32.6 Å². The fourth-order valence-corrected chi connectivity index (χ4v) is 10.9. The fraction of sp³-hybridized carbons (Fsp3) is 0.310. The highest BCUT2D eigenvalue weighted by molar-refractivity contribution is 7.22. The largest absolute Gasteiger partial charge is 0.491 e. The van der Waals surface area contributed by atoms with Gasteiger partial charge in [0.2, 0.25) is 23.6 Å². The molecule has 9 rings (SSSR count). The molecule has 2 aliphatic heterocycles. The normalized spacial score (nSPS) is 26.3. The highest BCUT2D eigenvalue weighted by atomic mass is 35.5. The van der Waals surface area contributed by atoms with Crippen LogP contribution in [0.25, 0.3) is 20.7 Å². The van der Waals surface area contributed by atoms with E-state index in [-0.39, 0.29) is 43.3 Å². The molecule has 0 radical (unpaired) electrons. The molecule has 4 heterocycles. The molecule has 12 heteroatoms. The first-order valence-electron chi connectivity index (χ1n) is 18.1. The maximum absolute atomic E-state index is 15.1. The molecule has 1 N–H and O–H groups in total. The van der Waals surface area contributed by atoms with Gasteiger partial charge in [-0.05, 0) is 91.6 Å². The van der Waals surface area contributed by atoms with Gasteiger partial charge in [-0.3, -0.25) is 28.8 Å². The number of allylic oxidation sites excluding steroid dienone is 2. The maximum Gasteiger partial charge on any atom is 0.242 e. The zero-order valence-corrected chi connectivity index (χ0v) is 31.4. The second-order valence-corrected chi connectivity index (χ2v) is 16.3. The number of fused-ring (bicyclic) bond motifs is 5. The van der Waals surface area contributed by atoms with E-state index in [1.54, 1.807) is 65.5 Å². The summed E-state index contributed by atoms with van der Waals surface area (Å²) in [6.45, 7) is 3.89. The number of aliphatic hydroxyl groups excluding tert-OH is 1. The van der Waals surface area contributed by atoms with Gasteiger partial charge in [-0.2, -0.15) is 5.10 Å². The number of aromatic nitrogens is 2. The van der Waals surface area contributed by atoms with Gasteiger partial charge in [-0.25, -0.2) is 4.90 Å². The van der Waals surface area contributed by atoms with E-state index in [0.717, 1.165) is 31.7 Å². The summed E-state index contributed by atoms with van der Waals surface area (Å²) >= 11 is 7.90. The number of aliphatic hydroxyl groups is 1. The number of aryl methyl sites for hydroxylation is 2. The highest BCUT2D eigenvalue weighted by Gasteiger charge is 2.68. The van der Waals surface area contributed by atoms with Crippen LogP contribution < -0.4 is 14.5 Å². The Balaban J connectivity index is 1.14. The van der Waals surface area contributed by atoms with Crippen molar-refractivity contribution in [1.82, 2.24) is 9.78 Å². The standard InChI is InChI=1S/C42H37ClN4O6S/c1-22-29-19-24(43)11-16-33(29)54-37(22)32-21-34(45(3)44-32)47-39(50)31-20-30-27(14-15-28-35(30)40(51)46(38(28)49)25-7-5-4-6-8-25)36(42(31,2)41(47)52)23-9-12-26(13-10-23)53-18-17-48/h4-14,16,19,21,28,30-31,35-36,48H,15,17-18,20H2,1-3H3. The number of rotatable bonds is 7. The summed E-state index contributed by atoms with van der Waals surface area (Å²) in [4.78, 5) is 61.7. The topological polar surface area (TPSA) is 122 Å². The lowest BCUT2D eigenvalue weighted by Gasteiger charge is -2.49. The van der Waals surface area contributed by atoms with Crippen molar-refractivity contribution in [3.63, 3.8) is 0 Å². The van der Waals surface area contributed by atoms with Crippen LogP contribution in [0.5, 0.6) is 5.75 Å². The fourth-order valence-electron chi connectivity index (χ4n) is 9.58. The van der Waals surface area contributed by atoms with E-state index in [9.17, 15) is 19.5 Å². The van der Waals surface area contributed by atoms with E-state index in [1.807, 2.05) is 56.3 Å². The molecule has 3 aromatic carbocycles. The number of anilines is 2. The molecule has 3 fully saturated rings. The van der Waals surface area contributed by atoms with Gasteiger partial charge in [-0.15, -0.1) is 11.3 Å². The summed E-state index contributed by atoms with van der Waals surface area (Å²) in [6, 6.07) is 23.9. The number of carbonyl (C=O) groups excluding carboxylic acids is 4. The first-order valence-corrected chi connectivity index (χ1v) is 19.3. The molecule has 2 saturated heterocycles. The molecule has 2 aromatic heterocycles. The molecule has 0 spiro atoms. The molecule has 6 unspecified atom stereocenters. The molecule has 0 bridgehead atoms. The van der Waals surface area contributed by atoms with Gasteiger partial charge in [0.05, 0.1) is 40.3 Å². The van der Waals surface area contributed by atoms with Gasteiger partial charge in [0.15, 0.2) is 0 Å². The number of hydrogen-bond donors (Lipinski definition) is 1. The third-order valence-corrected chi connectivity index (χ3v) is 13.6. The molecule has 1 saturated carbocycles. The molecule has 6 atom stereocenters. The molecular formula is C42H37ClN4O6S. The zero-order valence-electron chi connectivity index (χ0n) is 29.9. The minimum absolute atomic E-state index is 0.132. The van der Waals surface area contributed by atoms with Crippen molar-refractivity contribution >= 4 is 68.2 Å². The van der Waals surface area contributed by atoms with Crippen LogP contribution in [0.15, 0.2) is 90.5 Å². The summed E-state index contributed by atoms with van der Waals surface area (Å²) in [7, 11) is 1.74. The third-order valence-electron chi connectivity index (χ3n) is 12.1. The van der Waals surface area contributed by atoms with Crippen LogP contribution in [0, 0.1) is 36.0 Å². The van der Waals surface area contributed by atoms with Gasteiger partial charge in [-0.1, -0.05) is 53.6 Å². The van der Waals surface area contributed by atoms with Gasteiger partial charge in [0.1, 0.15) is 23.9 Å². The number of para-hydroxylation sites is 1. The Morgan fingerprint density at radius 2 is 1.70 bits per heavy atom. The lowest BCUT2D eigenvalue weighted by molar-refractivity contribution is -0.131. The summed E-state index contributed by atoms with van der Waals surface area (Å²) < 4.78 is 8.30. The van der Waals surface area contributed by atoms with E-state index in [1.165, 1.54) is 9.80 Å². The van der Waals surface area contributed by atoms with Crippen LogP contribution in [-0.4, -0.2) is 51.7 Å². The summed E-state index contributed by atoms with van der Waals surface area (Å²) in [5.74, 6) is -3.26. The molecule has 5 aromatic rings. The number of ether oxygens (including phenoxy) is 1. The number of halogens is 1. The second kappa shape index (κ2) is 12.8. The smallest absolute Gasteiger partial charge is 0.242 e. The van der Waals surface area contributed by atoms with E-state index in [4.69, 9.17) is 21.4 Å². The van der Waals surface area contributed by atoms with E-state index in [0.29, 0.717) is 34.4 Å². The number of imide groups is 2. The van der Waals surface area contributed by atoms with E-state index < -0.39 is 35.0 Å². The van der Waals surface area contributed by atoms with Crippen LogP contribution in [0.4, 0.5) is 11.5 Å². The first kappa shape index (κ1) is 34.7. The van der Waals surface area contributed by atoms with Gasteiger partial charge in [0, 0.05) is 28.8 Å². The lowest BCUT2D eigenvalue weighted by atomic mass is 9.51. The monoisotopic (exact) mass is 760 g/mol. The Morgan fingerprint density at radius 1 is 0.944 bits per heavy atom. The zero-order chi connectivity index (χ0) is 37.6. The van der Waals surface area contributed by atoms with Crippen LogP contribution in [0.3, 0.4) is 0 Å². The van der Waals surface area contributed by atoms with Gasteiger partial charge >= 0.3 is 0 Å². The lowest BCUT2D eigenvalue weighted by Crippen LogP contribution is -2.48. The Labute approximate surface area is 320 Å². The van der Waals surface area contributed by atoms with E-state index >= 15 is 4.79 Å². The quantitative estimate of drug-likeness (QED) is 0.139. The second-order valence-electron chi connectivity index (χ2n) is 14.9. The first-order chi connectivity index (χ1) is 26.0. The summed E-state index contributed by atoms with van der Waals surface area (Å²) in [6.07, 6.45) is 2.66. The molecule has 4 aliphatic rings. The van der Waals surface area contributed by atoms with E-state index in [2.05, 4.69) is 0 Å². The molecule has 2 aliphatic carbocycles. The number of carbonyl (C=O) groups is 4. The molecule has 54 heavy (non-hydrogen) atoms.